The fraction of sp³-hybridized carbons (Fsp3) is 0.529. The average molecular weight is 286 g/mol. The van der Waals surface area contributed by atoms with Gasteiger partial charge in [0, 0.05) is 38.1 Å². The Morgan fingerprint density at radius 3 is 2.81 bits per heavy atom. The van der Waals surface area contributed by atoms with Crippen molar-refractivity contribution in [1.29, 1.82) is 0 Å². The molecule has 1 aliphatic carbocycles. The molecule has 21 heavy (non-hydrogen) atoms. The summed E-state index contributed by atoms with van der Waals surface area (Å²) >= 11 is 0. The average Bonchev–Trinajstić information content (AvgIpc) is 3.16. The first-order valence-electron chi connectivity index (χ1n) is 7.71. The van der Waals surface area contributed by atoms with Crippen molar-refractivity contribution >= 4 is 17.7 Å². The number of likely N-dealkylation sites (N-methyl/N-ethyl adjacent to an activating group) is 2. The summed E-state index contributed by atoms with van der Waals surface area (Å²) in [5, 5.41) is 0. The van der Waals surface area contributed by atoms with Crippen LogP contribution >= 0.6 is 0 Å². The zero-order chi connectivity index (χ0) is 15.2. The number of carbonyl (C=O) groups is 1. The van der Waals surface area contributed by atoms with Gasteiger partial charge in [-0.3, -0.25) is 14.3 Å². The Balaban J connectivity index is 1.77. The van der Waals surface area contributed by atoms with Gasteiger partial charge >= 0.3 is 5.91 Å². The van der Waals surface area contributed by atoms with Crippen molar-refractivity contribution in [3.63, 3.8) is 0 Å². The van der Waals surface area contributed by atoms with Crippen molar-refractivity contribution in [1.82, 2.24) is 14.4 Å². The maximum atomic E-state index is 12.8. The van der Waals surface area contributed by atoms with Crippen LogP contribution in [0.1, 0.15) is 25.3 Å². The molecule has 4 heteroatoms. The van der Waals surface area contributed by atoms with E-state index < -0.39 is 0 Å². The fourth-order valence-corrected chi connectivity index (χ4v) is 3.42. The number of hydrogen-bond donors (Lipinski definition) is 0. The normalized spacial score (nSPS) is 25.2. The zero-order valence-electron chi connectivity index (χ0n) is 13.3. The molecule has 1 saturated carbocycles. The molecular weight excluding hydrogens is 262 g/mol. The summed E-state index contributed by atoms with van der Waals surface area (Å²) in [6.07, 6.45) is 8.12. The summed E-state index contributed by atoms with van der Waals surface area (Å²) < 4.78 is 0.503. The molecule has 1 fully saturated rings. The number of hydrogen-bond acceptors (Lipinski definition) is 2. The molecule has 112 valence electrons. The van der Waals surface area contributed by atoms with Crippen LogP contribution in [0.5, 0.6) is 0 Å². The van der Waals surface area contributed by atoms with Gasteiger partial charge in [-0.25, -0.2) is 0 Å². The highest BCUT2D eigenvalue weighted by Crippen LogP contribution is 2.42. The van der Waals surface area contributed by atoms with E-state index in [4.69, 9.17) is 0 Å². The number of carbonyl (C=O) groups excluding carboxylic acids is 1. The van der Waals surface area contributed by atoms with E-state index in [1.165, 1.54) is 12.8 Å². The predicted molar refractivity (Wildman–Crippen MR) is 85.4 cm³/mol. The van der Waals surface area contributed by atoms with E-state index in [0.29, 0.717) is 10.4 Å². The molecule has 2 heterocycles. The van der Waals surface area contributed by atoms with Gasteiger partial charge in [0.25, 0.3) is 0 Å². The summed E-state index contributed by atoms with van der Waals surface area (Å²) in [6, 6.07) is 2.00. The lowest BCUT2D eigenvalue weighted by Crippen LogP contribution is -2.45. The number of fused-ring (bicyclic) bond motifs is 1. The Hall–Kier alpha value is -1.68. The van der Waals surface area contributed by atoms with Crippen LogP contribution in [0.2, 0.25) is 0 Å². The largest absolute Gasteiger partial charge is 0.337 e. The topological polar surface area (TPSA) is 33.2 Å². The molecule has 2 unspecified atom stereocenters. The van der Waals surface area contributed by atoms with Crippen molar-refractivity contribution in [3.8, 4) is 0 Å². The highest BCUT2D eigenvalue weighted by Gasteiger charge is 2.42. The Morgan fingerprint density at radius 1 is 1.43 bits per heavy atom. The quantitative estimate of drug-likeness (QED) is 0.797. The molecule has 2 aliphatic rings. The van der Waals surface area contributed by atoms with E-state index in [0.717, 1.165) is 29.4 Å². The molecule has 0 spiro atoms. The molecule has 4 nitrogen and oxygen atoms in total. The number of aromatic nitrogens is 1. The maximum Gasteiger partial charge on any atom is 0.308 e. The van der Waals surface area contributed by atoms with Crippen LogP contribution in [0.15, 0.2) is 24.2 Å². The predicted octanol–water partition coefficient (Wildman–Crippen LogP) is 2.51. The number of quaternary nitrogens is 1. The molecule has 3 rings (SSSR count). The summed E-state index contributed by atoms with van der Waals surface area (Å²) in [7, 11) is 6.06. The molecule has 1 aliphatic heterocycles. The number of amides is 1. The smallest absolute Gasteiger partial charge is 0.308 e. The van der Waals surface area contributed by atoms with E-state index in [1.807, 2.05) is 30.3 Å². The minimum absolute atomic E-state index is 0.137. The molecular formula is C17H24N3O+. The standard InChI is InChI=1S/C17H24N3O/c1-5-12-8-14(12)11-19(2)17(21)16-9-13-10-18-7-6-15(13)20(16,3)4/h6-7,9-10,12,14H,5,8,11H2,1-4H3/q+1. The molecule has 1 aromatic heterocycles. The number of nitrogens with zero attached hydrogens (tertiary/aromatic N) is 3. The molecule has 1 aromatic rings. The van der Waals surface area contributed by atoms with Gasteiger partial charge in [0.05, 0.1) is 19.7 Å². The SMILES string of the molecule is CCC1CC1CN(C)C(=O)C1=Cc2cnccc2[N+]1(C)C. The van der Waals surface area contributed by atoms with Crippen molar-refractivity contribution in [2.45, 2.75) is 19.8 Å². The highest BCUT2D eigenvalue weighted by molar-refractivity contribution is 6.03. The van der Waals surface area contributed by atoms with E-state index in [2.05, 4.69) is 26.0 Å². The van der Waals surface area contributed by atoms with E-state index in [-0.39, 0.29) is 5.91 Å². The van der Waals surface area contributed by atoms with Crippen LogP contribution in [0, 0.1) is 11.8 Å². The van der Waals surface area contributed by atoms with Crippen LogP contribution < -0.4 is 4.48 Å². The van der Waals surface area contributed by atoms with E-state index >= 15 is 0 Å². The summed E-state index contributed by atoms with van der Waals surface area (Å²) in [5.41, 5.74) is 3.02. The third kappa shape index (κ3) is 2.38. The Morgan fingerprint density at radius 2 is 2.19 bits per heavy atom. The second kappa shape index (κ2) is 4.95. The Bertz CT molecular complexity index is 606. The summed E-state index contributed by atoms with van der Waals surface area (Å²) in [6.45, 7) is 3.11. The van der Waals surface area contributed by atoms with Gasteiger partial charge in [-0.2, -0.15) is 0 Å². The van der Waals surface area contributed by atoms with Crippen LogP contribution in [-0.2, 0) is 4.79 Å². The second-order valence-corrected chi connectivity index (χ2v) is 6.77. The summed E-state index contributed by atoms with van der Waals surface area (Å²) in [4.78, 5) is 18.9. The Labute approximate surface area is 126 Å². The van der Waals surface area contributed by atoms with Crippen molar-refractivity contribution in [2.24, 2.45) is 11.8 Å². The van der Waals surface area contributed by atoms with Crippen molar-refractivity contribution in [3.05, 3.63) is 29.7 Å². The van der Waals surface area contributed by atoms with Crippen molar-refractivity contribution in [2.75, 3.05) is 27.7 Å². The number of rotatable bonds is 4. The molecule has 0 N–H and O–H groups in total. The summed E-state index contributed by atoms with van der Waals surface area (Å²) in [5.74, 6) is 1.66. The lowest BCUT2D eigenvalue weighted by molar-refractivity contribution is -0.127. The third-order valence-corrected chi connectivity index (χ3v) is 4.99. The highest BCUT2D eigenvalue weighted by atomic mass is 16.2. The van der Waals surface area contributed by atoms with Gasteiger partial charge in [0.1, 0.15) is 5.69 Å². The van der Waals surface area contributed by atoms with Crippen molar-refractivity contribution < 1.29 is 4.79 Å². The molecule has 1 amide bonds. The van der Waals surface area contributed by atoms with E-state index in [9.17, 15) is 4.79 Å². The van der Waals surface area contributed by atoms with Gasteiger partial charge in [-0.1, -0.05) is 13.3 Å². The lowest BCUT2D eigenvalue weighted by atomic mass is 10.2. The molecule has 0 radical (unpaired) electrons. The Kier molecular flexibility index (Phi) is 3.36. The monoisotopic (exact) mass is 286 g/mol. The molecule has 0 aromatic carbocycles. The van der Waals surface area contributed by atoms with Crippen LogP contribution in [0.4, 0.5) is 5.69 Å². The maximum absolute atomic E-state index is 12.8. The number of pyridine rings is 1. The first-order valence-corrected chi connectivity index (χ1v) is 7.71. The minimum Gasteiger partial charge on any atom is -0.337 e. The van der Waals surface area contributed by atoms with Gasteiger partial charge in [-0.15, -0.1) is 0 Å². The first-order chi connectivity index (χ1) is 9.95. The van der Waals surface area contributed by atoms with Crippen LogP contribution in [0.3, 0.4) is 0 Å². The van der Waals surface area contributed by atoms with Gasteiger partial charge in [-0.05, 0) is 18.3 Å². The van der Waals surface area contributed by atoms with Gasteiger partial charge in [0.15, 0.2) is 0 Å². The molecule has 2 atom stereocenters. The van der Waals surface area contributed by atoms with Crippen LogP contribution in [-0.4, -0.2) is 43.5 Å². The molecule has 0 saturated heterocycles. The second-order valence-electron chi connectivity index (χ2n) is 6.77. The van der Waals surface area contributed by atoms with Gasteiger partial charge < -0.3 is 4.90 Å². The van der Waals surface area contributed by atoms with Crippen LogP contribution in [0.25, 0.3) is 6.08 Å². The third-order valence-electron chi connectivity index (χ3n) is 4.99. The zero-order valence-corrected chi connectivity index (χ0v) is 13.3. The lowest BCUT2D eigenvalue weighted by Gasteiger charge is -2.29. The fourth-order valence-electron chi connectivity index (χ4n) is 3.42. The van der Waals surface area contributed by atoms with E-state index in [1.54, 1.807) is 6.20 Å². The first kappa shape index (κ1) is 14.3. The van der Waals surface area contributed by atoms with Gasteiger partial charge in [0.2, 0.25) is 5.70 Å². The molecule has 0 bridgehead atoms. The minimum atomic E-state index is 0.137.